The van der Waals surface area contributed by atoms with E-state index in [4.69, 9.17) is 4.74 Å². The third kappa shape index (κ3) is 2.27. The predicted octanol–water partition coefficient (Wildman–Crippen LogP) is 1.37. The van der Waals surface area contributed by atoms with Crippen LogP contribution in [0.25, 0.3) is 5.65 Å². The Morgan fingerprint density at radius 1 is 1.50 bits per heavy atom. The largest absolute Gasteiger partial charge is 0.377 e. The number of carbonyl (C=O) groups excluding carboxylic acids is 1. The molecule has 20 heavy (non-hydrogen) atoms. The zero-order valence-electron chi connectivity index (χ0n) is 11.7. The highest BCUT2D eigenvalue weighted by molar-refractivity contribution is 5.93. The number of nitrogens with zero attached hydrogens (tertiary/aromatic N) is 4. The molecule has 2 aromatic rings. The Morgan fingerprint density at radius 2 is 2.35 bits per heavy atom. The maximum Gasteiger partial charge on any atom is 0.274 e. The summed E-state index contributed by atoms with van der Waals surface area (Å²) in [4.78, 5) is 18.5. The Morgan fingerprint density at radius 3 is 3.10 bits per heavy atom. The van der Waals surface area contributed by atoms with Crippen molar-refractivity contribution in [2.45, 2.75) is 25.4 Å². The fraction of sp³-hybridized carbons (Fsp3) is 0.500. The van der Waals surface area contributed by atoms with Gasteiger partial charge in [0.1, 0.15) is 0 Å². The topological polar surface area (TPSA) is 59.7 Å². The van der Waals surface area contributed by atoms with Crippen LogP contribution in [0, 0.1) is 0 Å². The van der Waals surface area contributed by atoms with E-state index in [1.165, 1.54) is 0 Å². The maximum absolute atomic E-state index is 12.5. The molecule has 1 fully saturated rings. The number of methoxy groups -OCH3 is 1. The van der Waals surface area contributed by atoms with Crippen LogP contribution in [-0.4, -0.2) is 51.2 Å². The molecule has 6 nitrogen and oxygen atoms in total. The minimum atomic E-state index is -0.259. The molecule has 1 unspecified atom stereocenters. The normalized spacial score (nSPS) is 23.2. The lowest BCUT2D eigenvalue weighted by atomic mass is 9.94. The predicted molar refractivity (Wildman–Crippen MR) is 73.5 cm³/mol. The lowest BCUT2D eigenvalue weighted by Crippen LogP contribution is -2.49. The van der Waals surface area contributed by atoms with Crippen molar-refractivity contribution in [3.63, 3.8) is 0 Å². The third-order valence-electron chi connectivity index (χ3n) is 3.89. The van der Waals surface area contributed by atoms with Gasteiger partial charge in [-0.25, -0.2) is 9.50 Å². The summed E-state index contributed by atoms with van der Waals surface area (Å²) in [5, 5.41) is 4.28. The fourth-order valence-corrected chi connectivity index (χ4v) is 2.64. The summed E-state index contributed by atoms with van der Waals surface area (Å²) in [7, 11) is 1.70. The molecule has 1 atom stereocenters. The molecule has 0 N–H and O–H groups in total. The van der Waals surface area contributed by atoms with Crippen molar-refractivity contribution in [1.29, 1.82) is 0 Å². The molecule has 6 heteroatoms. The van der Waals surface area contributed by atoms with E-state index in [9.17, 15) is 4.79 Å². The molecule has 0 bridgehead atoms. The summed E-state index contributed by atoms with van der Waals surface area (Å²) in [6.07, 6.45) is 5.39. The monoisotopic (exact) mass is 274 g/mol. The van der Waals surface area contributed by atoms with Gasteiger partial charge in [0.25, 0.3) is 5.91 Å². The van der Waals surface area contributed by atoms with Crippen LogP contribution < -0.4 is 0 Å². The minimum absolute atomic E-state index is 0.0570. The quantitative estimate of drug-likeness (QED) is 0.830. The van der Waals surface area contributed by atoms with Gasteiger partial charge in [-0.3, -0.25) is 4.79 Å². The van der Waals surface area contributed by atoms with E-state index in [1.807, 2.05) is 11.8 Å². The summed E-state index contributed by atoms with van der Waals surface area (Å²) >= 11 is 0. The first-order chi connectivity index (χ1) is 9.61. The van der Waals surface area contributed by atoms with Gasteiger partial charge in [-0.05, 0) is 25.8 Å². The number of rotatable bonds is 2. The Labute approximate surface area is 117 Å². The van der Waals surface area contributed by atoms with Gasteiger partial charge in [-0.1, -0.05) is 0 Å². The average molecular weight is 274 g/mol. The van der Waals surface area contributed by atoms with E-state index in [0.29, 0.717) is 17.9 Å². The van der Waals surface area contributed by atoms with Crippen LogP contribution in [0.1, 0.15) is 30.3 Å². The van der Waals surface area contributed by atoms with E-state index in [1.54, 1.807) is 36.2 Å². The van der Waals surface area contributed by atoms with Crippen LogP contribution in [0.4, 0.5) is 0 Å². The van der Waals surface area contributed by atoms with Gasteiger partial charge in [-0.2, -0.15) is 5.10 Å². The molecule has 2 aromatic heterocycles. The molecule has 3 heterocycles. The van der Waals surface area contributed by atoms with Gasteiger partial charge in [0.15, 0.2) is 11.3 Å². The second-order valence-electron chi connectivity index (χ2n) is 5.44. The number of likely N-dealkylation sites (tertiary alicyclic amines) is 1. The van der Waals surface area contributed by atoms with E-state index in [2.05, 4.69) is 10.1 Å². The maximum atomic E-state index is 12.5. The van der Waals surface area contributed by atoms with Gasteiger partial charge in [0, 0.05) is 38.7 Å². The van der Waals surface area contributed by atoms with E-state index >= 15 is 0 Å². The molecule has 1 amide bonds. The molecular weight excluding hydrogens is 256 g/mol. The van der Waals surface area contributed by atoms with Gasteiger partial charge in [-0.15, -0.1) is 0 Å². The molecule has 1 saturated heterocycles. The second kappa shape index (κ2) is 4.86. The smallest absolute Gasteiger partial charge is 0.274 e. The lowest BCUT2D eigenvalue weighted by Gasteiger charge is -2.39. The summed E-state index contributed by atoms with van der Waals surface area (Å²) in [5.41, 5.74) is 0.858. The van der Waals surface area contributed by atoms with Crippen LogP contribution >= 0.6 is 0 Å². The third-order valence-corrected chi connectivity index (χ3v) is 3.89. The SMILES string of the molecule is COC1(C)CCCN(C(=O)c2cc3ncccn3n2)C1. The van der Waals surface area contributed by atoms with Crippen molar-refractivity contribution in [2.75, 3.05) is 20.2 Å². The van der Waals surface area contributed by atoms with Crippen molar-refractivity contribution in [3.8, 4) is 0 Å². The van der Waals surface area contributed by atoms with Crippen LogP contribution in [0.15, 0.2) is 24.5 Å². The highest BCUT2D eigenvalue weighted by atomic mass is 16.5. The Kier molecular flexibility index (Phi) is 3.17. The number of amides is 1. The van der Waals surface area contributed by atoms with E-state index in [-0.39, 0.29) is 11.5 Å². The number of fused-ring (bicyclic) bond motifs is 1. The van der Waals surface area contributed by atoms with Crippen LogP contribution in [-0.2, 0) is 4.74 Å². The first-order valence-electron chi connectivity index (χ1n) is 6.76. The molecule has 1 aliphatic heterocycles. The average Bonchev–Trinajstić information content (AvgIpc) is 2.90. The van der Waals surface area contributed by atoms with Crippen molar-refractivity contribution < 1.29 is 9.53 Å². The van der Waals surface area contributed by atoms with Crippen LogP contribution in [0.5, 0.6) is 0 Å². The van der Waals surface area contributed by atoms with E-state index in [0.717, 1.165) is 19.4 Å². The van der Waals surface area contributed by atoms with Crippen molar-refractivity contribution in [1.82, 2.24) is 19.5 Å². The van der Waals surface area contributed by atoms with Gasteiger partial charge in [0.2, 0.25) is 0 Å². The van der Waals surface area contributed by atoms with Crippen molar-refractivity contribution in [2.24, 2.45) is 0 Å². The van der Waals surface area contributed by atoms with Crippen LogP contribution in [0.3, 0.4) is 0 Å². The lowest BCUT2D eigenvalue weighted by molar-refractivity contribution is -0.0441. The number of piperidine rings is 1. The zero-order valence-corrected chi connectivity index (χ0v) is 11.7. The molecule has 0 radical (unpaired) electrons. The fourth-order valence-electron chi connectivity index (χ4n) is 2.64. The summed E-state index contributed by atoms with van der Waals surface area (Å²) < 4.78 is 7.14. The zero-order chi connectivity index (χ0) is 14.2. The first kappa shape index (κ1) is 13.1. The summed E-state index contributed by atoms with van der Waals surface area (Å²) in [5.74, 6) is -0.0570. The van der Waals surface area contributed by atoms with Crippen molar-refractivity contribution in [3.05, 3.63) is 30.2 Å². The highest BCUT2D eigenvalue weighted by Crippen LogP contribution is 2.24. The van der Waals surface area contributed by atoms with E-state index < -0.39 is 0 Å². The molecule has 0 spiro atoms. The Bertz CT molecular complexity index is 606. The molecule has 0 saturated carbocycles. The Balaban J connectivity index is 1.84. The number of carbonyl (C=O) groups is 1. The summed E-state index contributed by atoms with van der Waals surface area (Å²) in [6.45, 7) is 3.39. The van der Waals surface area contributed by atoms with Crippen LogP contribution in [0.2, 0.25) is 0 Å². The first-order valence-corrected chi connectivity index (χ1v) is 6.76. The van der Waals surface area contributed by atoms with Gasteiger partial charge in [0.05, 0.1) is 5.60 Å². The van der Waals surface area contributed by atoms with Gasteiger partial charge < -0.3 is 9.64 Å². The van der Waals surface area contributed by atoms with Gasteiger partial charge >= 0.3 is 0 Å². The molecular formula is C14H18N4O2. The number of ether oxygens (including phenoxy) is 1. The number of hydrogen-bond donors (Lipinski definition) is 0. The standard InChI is InChI=1S/C14H18N4O2/c1-14(20-2)5-3-7-17(10-14)13(19)11-9-12-15-6-4-8-18(12)16-11/h4,6,8-9H,3,5,7,10H2,1-2H3. The van der Waals surface area contributed by atoms with Crippen molar-refractivity contribution >= 4 is 11.6 Å². The molecule has 0 aliphatic carbocycles. The Hall–Kier alpha value is -1.95. The number of hydrogen-bond acceptors (Lipinski definition) is 4. The molecule has 0 aromatic carbocycles. The molecule has 3 rings (SSSR count). The minimum Gasteiger partial charge on any atom is -0.377 e. The summed E-state index contributed by atoms with van der Waals surface area (Å²) in [6, 6.07) is 3.51. The second-order valence-corrected chi connectivity index (χ2v) is 5.44. The number of aromatic nitrogens is 3. The highest BCUT2D eigenvalue weighted by Gasteiger charge is 2.34. The molecule has 106 valence electrons. The molecule has 1 aliphatic rings.